The van der Waals surface area contributed by atoms with Gasteiger partial charge in [-0.2, -0.15) is 0 Å². The number of hydrogen-bond acceptors (Lipinski definition) is 1. The number of benzene rings is 2. The van der Waals surface area contributed by atoms with E-state index < -0.39 is 0 Å². The molecule has 0 aromatic heterocycles. The van der Waals surface area contributed by atoms with E-state index in [1.165, 1.54) is 19.3 Å². The van der Waals surface area contributed by atoms with Gasteiger partial charge in [0.1, 0.15) is 0 Å². The summed E-state index contributed by atoms with van der Waals surface area (Å²) in [6.45, 7) is 2.21. The maximum atomic E-state index is 12.3. The number of rotatable bonds is 7. The average Bonchev–Trinajstić information content (AvgIpc) is 2.55. The van der Waals surface area contributed by atoms with E-state index in [1.54, 1.807) is 0 Å². The van der Waals surface area contributed by atoms with E-state index in [2.05, 4.69) is 19.1 Å². The molecule has 0 aliphatic carbocycles. The molecule has 1 nitrogen and oxygen atoms in total. The van der Waals surface area contributed by atoms with Crippen molar-refractivity contribution in [3.05, 3.63) is 77.4 Å². The number of hydrogen-bond donors (Lipinski definition) is 0. The molecule has 0 amide bonds. The Bertz CT molecular complexity index is 579. The quantitative estimate of drug-likeness (QED) is 0.482. The van der Waals surface area contributed by atoms with Gasteiger partial charge >= 0.3 is 0 Å². The minimum atomic E-state index is 0.0778. The number of carbonyl (C=O) groups is 1. The van der Waals surface area contributed by atoms with Crippen molar-refractivity contribution >= 4 is 11.9 Å². The fourth-order valence-corrected chi connectivity index (χ4v) is 2.23. The molecular weight excluding hydrogens is 256 g/mol. The molecular formula is C20H22O. The zero-order chi connectivity index (χ0) is 14.9. The van der Waals surface area contributed by atoms with Crippen LogP contribution in [0.25, 0.3) is 6.08 Å². The lowest BCUT2D eigenvalue weighted by Crippen LogP contribution is -2.00. The molecule has 0 fully saturated rings. The van der Waals surface area contributed by atoms with E-state index in [0.29, 0.717) is 0 Å². The Labute approximate surface area is 127 Å². The van der Waals surface area contributed by atoms with Gasteiger partial charge in [-0.1, -0.05) is 86.5 Å². The SMILES string of the molecule is CCCCC/C=C/c1ccc(C(=O)c2ccccc2)cc1. The zero-order valence-corrected chi connectivity index (χ0v) is 12.6. The van der Waals surface area contributed by atoms with Gasteiger partial charge in [0.05, 0.1) is 0 Å². The van der Waals surface area contributed by atoms with Crippen LogP contribution < -0.4 is 0 Å². The minimum absolute atomic E-state index is 0.0778. The van der Waals surface area contributed by atoms with E-state index in [-0.39, 0.29) is 5.78 Å². The lowest BCUT2D eigenvalue weighted by atomic mass is 10.0. The molecule has 2 aromatic carbocycles. The molecule has 0 saturated heterocycles. The van der Waals surface area contributed by atoms with Gasteiger partial charge in [-0.05, 0) is 18.4 Å². The van der Waals surface area contributed by atoms with E-state index >= 15 is 0 Å². The summed E-state index contributed by atoms with van der Waals surface area (Å²) in [6, 6.07) is 17.2. The Morgan fingerprint density at radius 1 is 0.905 bits per heavy atom. The Balaban J connectivity index is 1.97. The summed E-state index contributed by atoms with van der Waals surface area (Å²) in [5.74, 6) is 0.0778. The molecule has 21 heavy (non-hydrogen) atoms. The molecule has 0 spiro atoms. The predicted octanol–water partition coefficient (Wildman–Crippen LogP) is 5.51. The molecule has 0 heterocycles. The van der Waals surface area contributed by atoms with Crippen molar-refractivity contribution in [3.63, 3.8) is 0 Å². The second kappa shape index (κ2) is 8.21. The second-order valence-electron chi connectivity index (χ2n) is 5.22. The monoisotopic (exact) mass is 278 g/mol. The summed E-state index contributed by atoms with van der Waals surface area (Å²) in [5.41, 5.74) is 2.63. The lowest BCUT2D eigenvalue weighted by Gasteiger charge is -2.01. The molecule has 0 saturated carbocycles. The van der Waals surface area contributed by atoms with Gasteiger partial charge < -0.3 is 0 Å². The van der Waals surface area contributed by atoms with Crippen LogP contribution in [-0.4, -0.2) is 5.78 Å². The second-order valence-corrected chi connectivity index (χ2v) is 5.22. The minimum Gasteiger partial charge on any atom is -0.289 e. The van der Waals surface area contributed by atoms with Gasteiger partial charge in [-0.25, -0.2) is 0 Å². The first-order chi connectivity index (χ1) is 10.3. The van der Waals surface area contributed by atoms with Crippen LogP contribution in [0.1, 0.15) is 54.1 Å². The van der Waals surface area contributed by atoms with Crippen molar-refractivity contribution in [1.29, 1.82) is 0 Å². The van der Waals surface area contributed by atoms with Gasteiger partial charge in [0, 0.05) is 11.1 Å². The summed E-state index contributed by atoms with van der Waals surface area (Å²) in [6.07, 6.45) is 9.26. The van der Waals surface area contributed by atoms with E-state index in [0.717, 1.165) is 23.1 Å². The highest BCUT2D eigenvalue weighted by Crippen LogP contribution is 2.12. The summed E-state index contributed by atoms with van der Waals surface area (Å²) in [7, 11) is 0. The summed E-state index contributed by atoms with van der Waals surface area (Å²) >= 11 is 0. The molecule has 0 radical (unpaired) electrons. The molecule has 0 N–H and O–H groups in total. The molecule has 2 rings (SSSR count). The van der Waals surface area contributed by atoms with Crippen LogP contribution in [0.3, 0.4) is 0 Å². The van der Waals surface area contributed by atoms with E-state index in [9.17, 15) is 4.79 Å². The fourth-order valence-electron chi connectivity index (χ4n) is 2.23. The predicted molar refractivity (Wildman–Crippen MR) is 89.5 cm³/mol. The van der Waals surface area contributed by atoms with Crippen LogP contribution in [0.2, 0.25) is 0 Å². The van der Waals surface area contributed by atoms with Gasteiger partial charge in [0.25, 0.3) is 0 Å². The normalized spacial score (nSPS) is 10.9. The third kappa shape index (κ3) is 4.71. The molecule has 0 aliphatic rings. The van der Waals surface area contributed by atoms with Gasteiger partial charge in [-0.3, -0.25) is 4.79 Å². The number of carbonyl (C=O) groups excluding carboxylic acids is 1. The van der Waals surface area contributed by atoms with Crippen molar-refractivity contribution < 1.29 is 4.79 Å². The van der Waals surface area contributed by atoms with Gasteiger partial charge in [0.2, 0.25) is 0 Å². The Morgan fingerprint density at radius 3 is 2.24 bits per heavy atom. The van der Waals surface area contributed by atoms with Crippen LogP contribution in [0.15, 0.2) is 60.7 Å². The molecule has 0 aliphatic heterocycles. The first-order valence-corrected chi connectivity index (χ1v) is 7.67. The van der Waals surface area contributed by atoms with Crippen LogP contribution in [0.5, 0.6) is 0 Å². The molecule has 0 atom stereocenters. The first-order valence-electron chi connectivity index (χ1n) is 7.67. The lowest BCUT2D eigenvalue weighted by molar-refractivity contribution is 0.103. The summed E-state index contributed by atoms with van der Waals surface area (Å²) < 4.78 is 0. The summed E-state index contributed by atoms with van der Waals surface area (Å²) in [5, 5.41) is 0. The number of allylic oxidation sites excluding steroid dienone is 1. The topological polar surface area (TPSA) is 17.1 Å². The van der Waals surface area contributed by atoms with Crippen LogP contribution in [-0.2, 0) is 0 Å². The van der Waals surface area contributed by atoms with Crippen molar-refractivity contribution in [1.82, 2.24) is 0 Å². The Morgan fingerprint density at radius 2 is 1.57 bits per heavy atom. The summed E-state index contributed by atoms with van der Waals surface area (Å²) in [4.78, 5) is 12.3. The average molecular weight is 278 g/mol. The van der Waals surface area contributed by atoms with Gasteiger partial charge in [0.15, 0.2) is 5.78 Å². The first kappa shape index (κ1) is 15.2. The van der Waals surface area contributed by atoms with Crippen molar-refractivity contribution in [2.75, 3.05) is 0 Å². The van der Waals surface area contributed by atoms with Crippen molar-refractivity contribution in [2.45, 2.75) is 32.6 Å². The molecule has 0 bridgehead atoms. The number of ketones is 1. The maximum absolute atomic E-state index is 12.3. The van der Waals surface area contributed by atoms with Crippen molar-refractivity contribution in [2.24, 2.45) is 0 Å². The third-order valence-electron chi connectivity index (χ3n) is 3.49. The smallest absolute Gasteiger partial charge is 0.193 e. The molecule has 108 valence electrons. The highest BCUT2D eigenvalue weighted by atomic mass is 16.1. The molecule has 0 unspecified atom stereocenters. The zero-order valence-electron chi connectivity index (χ0n) is 12.6. The Kier molecular flexibility index (Phi) is 5.96. The van der Waals surface area contributed by atoms with Gasteiger partial charge in [-0.15, -0.1) is 0 Å². The van der Waals surface area contributed by atoms with Crippen LogP contribution in [0, 0.1) is 0 Å². The highest BCUT2D eigenvalue weighted by Gasteiger charge is 2.07. The van der Waals surface area contributed by atoms with Crippen molar-refractivity contribution in [3.8, 4) is 0 Å². The van der Waals surface area contributed by atoms with E-state index in [1.807, 2.05) is 54.6 Å². The standard InChI is InChI=1S/C20H22O/c1-2-3-4-5-7-10-17-13-15-19(16-14-17)20(21)18-11-8-6-9-12-18/h6-16H,2-5H2,1H3/b10-7+. The highest BCUT2D eigenvalue weighted by molar-refractivity contribution is 6.09. The molecule has 2 aromatic rings. The van der Waals surface area contributed by atoms with Crippen LogP contribution >= 0.6 is 0 Å². The maximum Gasteiger partial charge on any atom is 0.193 e. The molecule has 1 heteroatoms. The van der Waals surface area contributed by atoms with E-state index in [4.69, 9.17) is 0 Å². The Hall–Kier alpha value is -2.15. The third-order valence-corrected chi connectivity index (χ3v) is 3.49. The number of unbranched alkanes of at least 4 members (excludes halogenated alkanes) is 3. The van der Waals surface area contributed by atoms with Crippen LogP contribution in [0.4, 0.5) is 0 Å². The largest absolute Gasteiger partial charge is 0.289 e. The fraction of sp³-hybridized carbons (Fsp3) is 0.250.